The average Bonchev–Trinajstić information content (AvgIpc) is 2.78. The zero-order valence-electron chi connectivity index (χ0n) is 17.0. The Labute approximate surface area is 199 Å². The molecule has 0 aromatic heterocycles. The Kier molecular flexibility index (Phi) is 6.48. The van der Waals surface area contributed by atoms with E-state index in [0.717, 1.165) is 20.8 Å². The first-order valence-electron chi connectivity index (χ1n) is 9.86. The topological polar surface area (TPSA) is 58.6 Å². The molecule has 1 fully saturated rings. The van der Waals surface area contributed by atoms with E-state index in [-0.39, 0.29) is 17.2 Å². The van der Waals surface area contributed by atoms with Gasteiger partial charge in [0.2, 0.25) is 0 Å². The summed E-state index contributed by atoms with van der Waals surface area (Å²) in [5.74, 6) is -0.460. The van der Waals surface area contributed by atoms with Crippen molar-refractivity contribution in [1.29, 1.82) is 0 Å². The molecule has 0 unspecified atom stereocenters. The molecule has 1 saturated heterocycles. The van der Waals surface area contributed by atoms with Crippen LogP contribution in [-0.2, 0) is 16.2 Å². The molecule has 0 bridgehead atoms. The number of amides is 2. The summed E-state index contributed by atoms with van der Waals surface area (Å²) in [4.78, 5) is 26.6. The fourth-order valence-corrected chi connectivity index (χ4v) is 4.03. The molecule has 0 aliphatic carbocycles. The maximum atomic E-state index is 12.8. The van der Waals surface area contributed by atoms with Crippen LogP contribution in [0.5, 0.6) is 5.75 Å². The number of nitrogens with zero attached hydrogens (tertiary/aromatic N) is 1. The number of hydrogen-bond acceptors (Lipinski definition) is 4. The number of hydrogen-bond donors (Lipinski definition) is 1. The van der Waals surface area contributed by atoms with Crippen molar-refractivity contribution < 1.29 is 14.3 Å². The summed E-state index contributed by atoms with van der Waals surface area (Å²) in [6.45, 7) is 4.19. The van der Waals surface area contributed by atoms with Crippen LogP contribution in [0.3, 0.4) is 0 Å². The lowest BCUT2D eigenvalue weighted by atomic mass is 10.1. The Morgan fingerprint density at radius 3 is 2.62 bits per heavy atom. The predicted octanol–water partition coefficient (Wildman–Crippen LogP) is 4.99. The number of rotatable bonds is 6. The Bertz CT molecular complexity index is 1290. The smallest absolute Gasteiger partial charge is 0.265 e. The third kappa shape index (κ3) is 4.64. The number of thiocarbonyl (C=S) groups is 1. The number of carbonyl (C=O) groups excluding carboxylic acids is 2. The highest BCUT2D eigenvalue weighted by Crippen LogP contribution is 2.28. The second kappa shape index (κ2) is 9.46. The highest BCUT2D eigenvalue weighted by molar-refractivity contribution is 9.10. The molecule has 32 heavy (non-hydrogen) atoms. The van der Waals surface area contributed by atoms with Gasteiger partial charge in [-0.3, -0.25) is 19.8 Å². The summed E-state index contributed by atoms with van der Waals surface area (Å²) < 4.78 is 6.87. The molecule has 5 nitrogen and oxygen atoms in total. The summed E-state index contributed by atoms with van der Waals surface area (Å²) in [6.07, 6.45) is 3.08. The van der Waals surface area contributed by atoms with Gasteiger partial charge in [-0.05, 0) is 58.9 Å². The molecule has 3 aromatic rings. The summed E-state index contributed by atoms with van der Waals surface area (Å²) in [5, 5.41) is 4.92. The average molecular weight is 507 g/mol. The Morgan fingerprint density at radius 1 is 1.06 bits per heavy atom. The van der Waals surface area contributed by atoms with E-state index in [9.17, 15) is 9.59 Å². The van der Waals surface area contributed by atoms with Crippen LogP contribution >= 0.6 is 28.1 Å². The largest absolute Gasteiger partial charge is 0.488 e. The molecule has 2 amide bonds. The van der Waals surface area contributed by atoms with Crippen molar-refractivity contribution in [1.82, 2.24) is 10.2 Å². The molecule has 1 aliphatic heterocycles. The van der Waals surface area contributed by atoms with Crippen LogP contribution in [0, 0.1) is 0 Å². The standard InChI is InChI=1S/C25H19BrN2O3S/c1-2-11-28-24(30)21(23(29)27-25(28)32)14-19-13-20(26)9-10-22(19)31-15-16-7-8-17-5-3-4-6-18(17)12-16/h2-10,12-14H,1,11,15H2,(H,27,29,32)/b21-14+. The first-order chi connectivity index (χ1) is 15.5. The van der Waals surface area contributed by atoms with Crippen molar-refractivity contribution in [3.8, 4) is 5.75 Å². The number of ether oxygens (including phenoxy) is 1. The number of nitrogens with one attached hydrogen (secondary N) is 1. The lowest BCUT2D eigenvalue weighted by Gasteiger charge is -2.27. The molecule has 4 rings (SSSR count). The second-order valence-electron chi connectivity index (χ2n) is 7.17. The SMILES string of the molecule is C=CCN1C(=O)/C(=C/c2cc(Br)ccc2OCc2ccc3ccccc3c2)C(=O)NC1=S. The van der Waals surface area contributed by atoms with Gasteiger partial charge in [0.1, 0.15) is 17.9 Å². The van der Waals surface area contributed by atoms with Gasteiger partial charge in [-0.15, -0.1) is 6.58 Å². The van der Waals surface area contributed by atoms with E-state index >= 15 is 0 Å². The van der Waals surface area contributed by atoms with Gasteiger partial charge in [-0.1, -0.05) is 58.4 Å². The molecule has 0 spiro atoms. The van der Waals surface area contributed by atoms with Gasteiger partial charge in [0.25, 0.3) is 11.8 Å². The first kappa shape index (κ1) is 21.9. The van der Waals surface area contributed by atoms with E-state index in [1.54, 1.807) is 18.2 Å². The highest BCUT2D eigenvalue weighted by Gasteiger charge is 2.32. The van der Waals surface area contributed by atoms with Crippen LogP contribution < -0.4 is 10.1 Å². The van der Waals surface area contributed by atoms with Crippen molar-refractivity contribution in [2.75, 3.05) is 6.54 Å². The minimum Gasteiger partial charge on any atom is -0.488 e. The van der Waals surface area contributed by atoms with Gasteiger partial charge < -0.3 is 4.74 Å². The van der Waals surface area contributed by atoms with Gasteiger partial charge in [-0.2, -0.15) is 0 Å². The van der Waals surface area contributed by atoms with Gasteiger partial charge in [0, 0.05) is 16.6 Å². The van der Waals surface area contributed by atoms with E-state index in [1.807, 2.05) is 24.3 Å². The zero-order chi connectivity index (χ0) is 22.7. The second-order valence-corrected chi connectivity index (χ2v) is 8.48. The molecular formula is C25H19BrN2O3S. The van der Waals surface area contributed by atoms with Gasteiger partial charge >= 0.3 is 0 Å². The van der Waals surface area contributed by atoms with E-state index < -0.39 is 11.8 Å². The zero-order valence-corrected chi connectivity index (χ0v) is 19.4. The van der Waals surface area contributed by atoms with E-state index in [1.165, 1.54) is 11.0 Å². The molecule has 1 N–H and O–H groups in total. The Hall–Kier alpha value is -3.29. The minimum atomic E-state index is -0.541. The van der Waals surface area contributed by atoms with Crippen molar-refractivity contribution in [2.24, 2.45) is 0 Å². The van der Waals surface area contributed by atoms with E-state index in [2.05, 4.69) is 52.1 Å². The van der Waals surface area contributed by atoms with Crippen molar-refractivity contribution in [3.05, 3.63) is 94.5 Å². The van der Waals surface area contributed by atoms with E-state index in [0.29, 0.717) is 17.9 Å². The monoisotopic (exact) mass is 506 g/mol. The Morgan fingerprint density at radius 2 is 1.84 bits per heavy atom. The normalized spacial score (nSPS) is 15.2. The molecule has 0 saturated carbocycles. The lowest BCUT2D eigenvalue weighted by Crippen LogP contribution is -2.53. The summed E-state index contributed by atoms with van der Waals surface area (Å²) >= 11 is 8.55. The molecule has 0 atom stereocenters. The molecule has 0 radical (unpaired) electrons. The maximum absolute atomic E-state index is 12.8. The number of halogens is 1. The van der Waals surface area contributed by atoms with Crippen LogP contribution in [0.2, 0.25) is 0 Å². The van der Waals surface area contributed by atoms with Crippen LogP contribution in [0.15, 0.2) is 83.4 Å². The third-order valence-electron chi connectivity index (χ3n) is 4.98. The molecule has 3 aromatic carbocycles. The number of carbonyl (C=O) groups is 2. The summed E-state index contributed by atoms with van der Waals surface area (Å²) in [7, 11) is 0. The molecular weight excluding hydrogens is 488 g/mol. The van der Waals surface area contributed by atoms with Crippen LogP contribution in [0.1, 0.15) is 11.1 Å². The lowest BCUT2D eigenvalue weighted by molar-refractivity contribution is -0.128. The van der Waals surface area contributed by atoms with Crippen LogP contribution in [0.25, 0.3) is 16.8 Å². The van der Waals surface area contributed by atoms with Crippen LogP contribution in [0.4, 0.5) is 0 Å². The molecule has 1 aliphatic rings. The van der Waals surface area contributed by atoms with Gasteiger partial charge in [0.15, 0.2) is 5.11 Å². The van der Waals surface area contributed by atoms with E-state index in [4.69, 9.17) is 17.0 Å². The van der Waals surface area contributed by atoms with Crippen molar-refractivity contribution in [3.63, 3.8) is 0 Å². The predicted molar refractivity (Wildman–Crippen MR) is 133 cm³/mol. The summed E-state index contributed by atoms with van der Waals surface area (Å²) in [6, 6.07) is 19.7. The summed E-state index contributed by atoms with van der Waals surface area (Å²) in [5.41, 5.74) is 1.60. The minimum absolute atomic E-state index is 0.0193. The maximum Gasteiger partial charge on any atom is 0.265 e. The molecule has 160 valence electrons. The van der Waals surface area contributed by atoms with Crippen molar-refractivity contribution >= 4 is 61.9 Å². The van der Waals surface area contributed by atoms with Gasteiger partial charge in [0.05, 0.1) is 0 Å². The third-order valence-corrected chi connectivity index (χ3v) is 5.79. The van der Waals surface area contributed by atoms with Crippen molar-refractivity contribution in [2.45, 2.75) is 6.61 Å². The van der Waals surface area contributed by atoms with Gasteiger partial charge in [-0.25, -0.2) is 0 Å². The number of benzene rings is 3. The highest BCUT2D eigenvalue weighted by atomic mass is 79.9. The molecule has 7 heteroatoms. The fourth-order valence-electron chi connectivity index (χ4n) is 3.40. The quantitative estimate of drug-likeness (QED) is 0.221. The molecule has 1 heterocycles. The number of fused-ring (bicyclic) bond motifs is 1. The first-order valence-corrected chi connectivity index (χ1v) is 11.1. The van der Waals surface area contributed by atoms with Crippen LogP contribution in [-0.4, -0.2) is 28.4 Å². The Balaban J connectivity index is 1.62. The fraction of sp³-hybridized carbons (Fsp3) is 0.0800.